The van der Waals surface area contributed by atoms with Gasteiger partial charge in [-0.1, -0.05) is 259 Å². The summed E-state index contributed by atoms with van der Waals surface area (Å²) in [6.07, 6.45) is 82.5. The number of hydrogen-bond acceptors (Lipinski definition) is 5. The Morgan fingerprint density at radius 2 is 0.632 bits per heavy atom. The Labute approximate surface area is 421 Å². The fourth-order valence-electron chi connectivity index (χ4n) is 8.06. The Kier molecular flexibility index (Phi) is 55.4. The van der Waals surface area contributed by atoms with Crippen molar-refractivity contribution in [3.63, 3.8) is 0 Å². The maximum absolute atomic E-state index is 12.3. The van der Waals surface area contributed by atoms with Crippen LogP contribution < -0.4 is 0 Å². The number of unbranched alkanes of at least 4 members (excludes halogenated alkanes) is 28. The number of ether oxygens (including phenoxy) is 2. The van der Waals surface area contributed by atoms with Crippen molar-refractivity contribution in [1.82, 2.24) is 0 Å². The number of carbonyl (C=O) groups is 2. The fraction of sp³-hybridized carbons (Fsp3) is 0.714. The zero-order chi connectivity index (χ0) is 49.2. The van der Waals surface area contributed by atoms with Crippen molar-refractivity contribution in [1.29, 1.82) is 0 Å². The zero-order valence-corrected chi connectivity index (χ0v) is 44.6. The number of rotatable bonds is 52. The molecule has 0 saturated carbocycles. The van der Waals surface area contributed by atoms with Crippen molar-refractivity contribution in [2.24, 2.45) is 0 Å². The van der Waals surface area contributed by atoms with Crippen LogP contribution in [-0.2, 0) is 19.1 Å². The Bertz CT molecular complexity index is 1300. The molecule has 0 fully saturated rings. The van der Waals surface area contributed by atoms with Crippen LogP contribution in [0.2, 0.25) is 0 Å². The second kappa shape index (κ2) is 58.1. The van der Waals surface area contributed by atoms with E-state index in [1.807, 2.05) is 0 Å². The summed E-state index contributed by atoms with van der Waals surface area (Å²) in [6.45, 7) is 4.00. The van der Waals surface area contributed by atoms with Gasteiger partial charge in [0.25, 0.3) is 0 Å². The third kappa shape index (κ3) is 55.4. The Morgan fingerprint density at radius 3 is 0.985 bits per heavy atom. The zero-order valence-electron chi connectivity index (χ0n) is 44.6. The number of aliphatic hydroxyl groups excluding tert-OH is 1. The summed E-state index contributed by atoms with van der Waals surface area (Å²) in [5.41, 5.74) is 0. The molecule has 0 saturated heterocycles. The molecule has 1 atom stereocenters. The van der Waals surface area contributed by atoms with Crippen molar-refractivity contribution in [2.75, 3.05) is 13.2 Å². The van der Waals surface area contributed by atoms with Gasteiger partial charge in [-0.3, -0.25) is 9.59 Å². The molecule has 0 aromatic rings. The number of allylic oxidation sites excluding steroid dienone is 16. The largest absolute Gasteiger partial charge is 0.462 e. The molecule has 0 radical (unpaired) electrons. The van der Waals surface area contributed by atoms with Crippen LogP contribution in [0.4, 0.5) is 0 Å². The lowest BCUT2D eigenvalue weighted by Crippen LogP contribution is -2.28. The van der Waals surface area contributed by atoms with Gasteiger partial charge in [0, 0.05) is 12.8 Å². The second-order valence-electron chi connectivity index (χ2n) is 19.0. The van der Waals surface area contributed by atoms with E-state index in [9.17, 15) is 14.7 Å². The smallest absolute Gasteiger partial charge is 0.306 e. The maximum atomic E-state index is 12.3. The lowest BCUT2D eigenvalue weighted by Gasteiger charge is -2.15. The highest BCUT2D eigenvalue weighted by Gasteiger charge is 2.16. The monoisotopic (exact) mass is 945 g/mol. The van der Waals surface area contributed by atoms with Crippen LogP contribution >= 0.6 is 0 Å². The molecule has 5 nitrogen and oxygen atoms in total. The summed E-state index contributed by atoms with van der Waals surface area (Å²) in [5.74, 6) is -0.638. The minimum atomic E-state index is -0.800. The minimum absolute atomic E-state index is 0.0865. The van der Waals surface area contributed by atoms with Crippen LogP contribution in [0.5, 0.6) is 0 Å². The van der Waals surface area contributed by atoms with Crippen LogP contribution in [0.15, 0.2) is 97.2 Å². The average molecular weight is 946 g/mol. The summed E-state index contributed by atoms with van der Waals surface area (Å²) in [5, 5.41) is 9.64. The molecule has 0 aliphatic rings. The van der Waals surface area contributed by atoms with Gasteiger partial charge in [-0.25, -0.2) is 0 Å². The van der Waals surface area contributed by atoms with Crippen LogP contribution in [0.3, 0.4) is 0 Å². The van der Waals surface area contributed by atoms with E-state index in [2.05, 4.69) is 111 Å². The molecule has 1 unspecified atom stereocenters. The van der Waals surface area contributed by atoms with Gasteiger partial charge < -0.3 is 14.6 Å². The van der Waals surface area contributed by atoms with E-state index in [1.54, 1.807) is 0 Å². The summed E-state index contributed by atoms with van der Waals surface area (Å²) >= 11 is 0. The molecule has 0 bridgehead atoms. The first-order chi connectivity index (χ1) is 33.6. The van der Waals surface area contributed by atoms with E-state index in [4.69, 9.17) is 9.47 Å². The number of carbonyl (C=O) groups excluding carboxylic acids is 2. The maximum Gasteiger partial charge on any atom is 0.306 e. The minimum Gasteiger partial charge on any atom is -0.462 e. The van der Waals surface area contributed by atoms with E-state index < -0.39 is 6.10 Å². The molecule has 68 heavy (non-hydrogen) atoms. The molecule has 0 aliphatic heterocycles. The SMILES string of the molecule is CC/C=C\C/C=C\C/C=C\C/C=C\C/C=C\C/C=C\CCCCC(=O)OC(CO)COC(=O)CCCCCCCCCCCCCCCCCCCCCCC/C=C\C/C=C\CCCCCCC. The predicted molar refractivity (Wildman–Crippen MR) is 297 cm³/mol. The van der Waals surface area contributed by atoms with Gasteiger partial charge in [-0.2, -0.15) is 0 Å². The fourth-order valence-corrected chi connectivity index (χ4v) is 8.06. The number of hydrogen-bond donors (Lipinski definition) is 1. The van der Waals surface area contributed by atoms with Gasteiger partial charge in [0.05, 0.1) is 6.61 Å². The highest BCUT2D eigenvalue weighted by molar-refractivity contribution is 5.70. The van der Waals surface area contributed by atoms with E-state index in [0.717, 1.165) is 83.5 Å². The van der Waals surface area contributed by atoms with Crippen molar-refractivity contribution in [3.05, 3.63) is 97.2 Å². The van der Waals surface area contributed by atoms with Crippen molar-refractivity contribution in [3.8, 4) is 0 Å². The molecule has 1 N–H and O–H groups in total. The Morgan fingerprint density at radius 1 is 0.353 bits per heavy atom. The molecule has 5 heteroatoms. The summed E-state index contributed by atoms with van der Waals surface area (Å²) < 4.78 is 10.7. The van der Waals surface area contributed by atoms with E-state index >= 15 is 0 Å². The molecule has 390 valence electrons. The first-order valence-corrected chi connectivity index (χ1v) is 28.8. The van der Waals surface area contributed by atoms with Crippen LogP contribution in [0.1, 0.15) is 271 Å². The standard InChI is InChI=1S/C63H108O5/c1-3-5-7-9-11-13-15-17-19-21-23-25-26-27-28-29-30-31-32-33-34-35-36-38-39-41-43-45-47-49-51-53-55-57-62(65)67-60-61(59-64)68-63(66)58-56-54-52-50-48-46-44-42-40-37-24-22-20-18-16-14-12-10-8-6-4-2/h6,8,12,14-15,17-18,20-21,23-24,37,42,44,48,50,61,64H,3-5,7,9-11,13,16,19,22,25-36,38-41,43,45-47,49,51-60H2,1-2H3/b8-6-,14-12-,17-15-,20-18-,23-21-,37-24-,44-42-,50-48-. The molecular weight excluding hydrogens is 837 g/mol. The third-order valence-corrected chi connectivity index (χ3v) is 12.4. The average Bonchev–Trinajstić information content (AvgIpc) is 3.34. The van der Waals surface area contributed by atoms with Gasteiger partial charge in [-0.05, 0) is 96.3 Å². The summed E-state index contributed by atoms with van der Waals surface area (Å²) in [4.78, 5) is 24.5. The molecule has 0 amide bonds. The van der Waals surface area contributed by atoms with Gasteiger partial charge in [0.15, 0.2) is 6.10 Å². The lowest BCUT2D eigenvalue weighted by atomic mass is 10.0. The van der Waals surface area contributed by atoms with Crippen molar-refractivity contribution in [2.45, 2.75) is 277 Å². The van der Waals surface area contributed by atoms with Crippen molar-refractivity contribution >= 4 is 11.9 Å². The van der Waals surface area contributed by atoms with Gasteiger partial charge in [-0.15, -0.1) is 0 Å². The number of esters is 2. The third-order valence-electron chi connectivity index (χ3n) is 12.4. The normalized spacial score (nSPS) is 12.9. The Hall–Kier alpha value is -3.18. The Balaban J connectivity index is 3.51. The molecule has 0 aromatic heterocycles. The molecular formula is C63H108O5. The topological polar surface area (TPSA) is 72.8 Å². The highest BCUT2D eigenvalue weighted by atomic mass is 16.6. The van der Waals surface area contributed by atoms with E-state index in [0.29, 0.717) is 12.8 Å². The summed E-state index contributed by atoms with van der Waals surface area (Å²) in [6, 6.07) is 0. The summed E-state index contributed by atoms with van der Waals surface area (Å²) in [7, 11) is 0. The quantitative estimate of drug-likeness (QED) is 0.0374. The predicted octanol–water partition coefficient (Wildman–Crippen LogP) is 19.5. The van der Waals surface area contributed by atoms with Crippen LogP contribution in [0, 0.1) is 0 Å². The molecule has 0 rings (SSSR count). The molecule has 0 aromatic carbocycles. The van der Waals surface area contributed by atoms with E-state index in [-0.39, 0.29) is 25.2 Å². The van der Waals surface area contributed by atoms with Gasteiger partial charge in [0.2, 0.25) is 0 Å². The molecule has 0 heterocycles. The van der Waals surface area contributed by atoms with Crippen LogP contribution in [-0.4, -0.2) is 36.4 Å². The first-order valence-electron chi connectivity index (χ1n) is 28.8. The van der Waals surface area contributed by atoms with Gasteiger partial charge in [0.1, 0.15) is 6.61 Å². The van der Waals surface area contributed by atoms with E-state index in [1.165, 1.54) is 161 Å². The lowest BCUT2D eigenvalue weighted by molar-refractivity contribution is -0.161. The second-order valence-corrected chi connectivity index (χ2v) is 19.0. The molecule has 0 aliphatic carbocycles. The van der Waals surface area contributed by atoms with Crippen molar-refractivity contribution < 1.29 is 24.2 Å². The molecule has 0 spiro atoms. The number of aliphatic hydroxyl groups is 1. The first kappa shape index (κ1) is 64.8. The highest BCUT2D eigenvalue weighted by Crippen LogP contribution is 2.16. The van der Waals surface area contributed by atoms with Crippen LogP contribution in [0.25, 0.3) is 0 Å². The van der Waals surface area contributed by atoms with Gasteiger partial charge >= 0.3 is 11.9 Å².